The lowest BCUT2D eigenvalue weighted by Crippen LogP contribution is -2.17. The van der Waals surface area contributed by atoms with Crippen molar-refractivity contribution in [2.45, 2.75) is 13.3 Å². The van der Waals surface area contributed by atoms with Crippen LogP contribution in [0, 0.1) is 10.6 Å². The lowest BCUT2D eigenvalue weighted by atomic mass is 10.1. The summed E-state index contributed by atoms with van der Waals surface area (Å²) in [6.45, 7) is 1.71. The summed E-state index contributed by atoms with van der Waals surface area (Å²) >= 11 is 2.11. The average molecular weight is 419 g/mol. The molecule has 0 N–H and O–H groups in total. The summed E-state index contributed by atoms with van der Waals surface area (Å²) in [7, 11) is 0. The lowest BCUT2D eigenvalue weighted by molar-refractivity contribution is -0.274. The SMILES string of the molecule is Cc1cc(OC(F)(F)F)ccc1-c1cc2c(I)ncn2cn1. The Bertz CT molecular complexity index is 845. The first-order valence-corrected chi connectivity index (χ1v) is 7.26. The van der Waals surface area contributed by atoms with E-state index in [0.717, 1.165) is 14.8 Å². The molecule has 0 saturated heterocycles. The Balaban J connectivity index is 2.01. The summed E-state index contributed by atoms with van der Waals surface area (Å²) in [5.74, 6) is -0.242. The molecule has 0 atom stereocenters. The molecule has 0 aliphatic carbocycles. The molecular weight excluding hydrogens is 410 g/mol. The molecule has 3 aromatic rings. The van der Waals surface area contributed by atoms with E-state index in [2.05, 4.69) is 37.3 Å². The van der Waals surface area contributed by atoms with Gasteiger partial charge < -0.3 is 4.74 Å². The molecule has 0 aliphatic rings. The van der Waals surface area contributed by atoms with Crippen molar-refractivity contribution in [2.75, 3.05) is 0 Å². The van der Waals surface area contributed by atoms with Gasteiger partial charge in [0.05, 0.1) is 11.2 Å². The standard InChI is InChI=1S/C14H9F3IN3O/c1-8-4-9(22-14(15,16)17)2-3-10(8)11-5-12-13(18)20-7-21(12)6-19-11/h2-7H,1H3. The molecule has 2 heterocycles. The predicted octanol–water partition coefficient (Wildman–Crippen LogP) is 4.21. The van der Waals surface area contributed by atoms with E-state index in [1.54, 1.807) is 30.0 Å². The van der Waals surface area contributed by atoms with E-state index in [9.17, 15) is 13.2 Å². The number of ether oxygens (including phenoxy) is 1. The topological polar surface area (TPSA) is 39.4 Å². The highest BCUT2D eigenvalue weighted by Crippen LogP contribution is 2.29. The quantitative estimate of drug-likeness (QED) is 0.585. The minimum absolute atomic E-state index is 0.242. The summed E-state index contributed by atoms with van der Waals surface area (Å²) in [5, 5.41) is 0. The molecule has 0 amide bonds. The van der Waals surface area contributed by atoms with Crippen LogP contribution in [0.15, 0.2) is 36.9 Å². The largest absolute Gasteiger partial charge is 0.573 e. The molecule has 2 aromatic heterocycles. The van der Waals surface area contributed by atoms with E-state index in [1.807, 2.05) is 6.07 Å². The van der Waals surface area contributed by atoms with Gasteiger partial charge in [-0.1, -0.05) is 0 Å². The maximum atomic E-state index is 12.2. The number of benzene rings is 1. The molecule has 0 unspecified atom stereocenters. The molecule has 1 aromatic carbocycles. The first-order valence-electron chi connectivity index (χ1n) is 6.18. The van der Waals surface area contributed by atoms with Crippen molar-refractivity contribution in [3.63, 3.8) is 0 Å². The van der Waals surface area contributed by atoms with Crippen LogP contribution in [-0.4, -0.2) is 20.7 Å². The zero-order valence-electron chi connectivity index (χ0n) is 11.2. The molecule has 0 fully saturated rings. The molecule has 3 rings (SSSR count). The van der Waals surface area contributed by atoms with Gasteiger partial charge in [-0.15, -0.1) is 13.2 Å². The van der Waals surface area contributed by atoms with Crippen molar-refractivity contribution in [2.24, 2.45) is 0 Å². The van der Waals surface area contributed by atoms with Gasteiger partial charge >= 0.3 is 6.36 Å². The third-order valence-electron chi connectivity index (χ3n) is 3.09. The molecule has 0 bridgehead atoms. The van der Waals surface area contributed by atoms with Crippen molar-refractivity contribution in [1.29, 1.82) is 0 Å². The smallest absolute Gasteiger partial charge is 0.406 e. The zero-order valence-corrected chi connectivity index (χ0v) is 13.4. The number of hydrogen-bond donors (Lipinski definition) is 0. The number of nitrogens with zero attached hydrogens (tertiary/aromatic N) is 3. The second kappa shape index (κ2) is 5.41. The number of aryl methyl sites for hydroxylation is 1. The Kier molecular flexibility index (Phi) is 3.71. The van der Waals surface area contributed by atoms with Crippen LogP contribution >= 0.6 is 22.6 Å². The minimum Gasteiger partial charge on any atom is -0.406 e. The fourth-order valence-corrected chi connectivity index (χ4v) is 2.69. The Morgan fingerprint density at radius 3 is 2.55 bits per heavy atom. The predicted molar refractivity (Wildman–Crippen MR) is 82.6 cm³/mol. The first kappa shape index (κ1) is 15.1. The van der Waals surface area contributed by atoms with Crippen LogP contribution in [0.25, 0.3) is 16.8 Å². The number of imidazole rings is 1. The number of rotatable bonds is 2. The van der Waals surface area contributed by atoms with Gasteiger partial charge in [0.25, 0.3) is 0 Å². The molecule has 0 spiro atoms. The fraction of sp³-hybridized carbons (Fsp3) is 0.143. The highest BCUT2D eigenvalue weighted by atomic mass is 127. The zero-order chi connectivity index (χ0) is 15.9. The summed E-state index contributed by atoms with van der Waals surface area (Å²) in [6, 6.07) is 6.04. The van der Waals surface area contributed by atoms with E-state index >= 15 is 0 Å². The van der Waals surface area contributed by atoms with Crippen molar-refractivity contribution >= 4 is 28.1 Å². The summed E-state index contributed by atoms with van der Waals surface area (Å²) < 4.78 is 43.2. The van der Waals surface area contributed by atoms with E-state index in [-0.39, 0.29) is 5.75 Å². The Morgan fingerprint density at radius 2 is 1.86 bits per heavy atom. The fourth-order valence-electron chi connectivity index (χ4n) is 2.13. The van der Waals surface area contributed by atoms with Crippen LogP contribution in [0.1, 0.15) is 5.56 Å². The normalized spacial score (nSPS) is 11.9. The first-order chi connectivity index (χ1) is 10.3. The van der Waals surface area contributed by atoms with E-state index in [4.69, 9.17) is 0 Å². The number of fused-ring (bicyclic) bond motifs is 1. The van der Waals surface area contributed by atoms with Crippen LogP contribution in [0.5, 0.6) is 5.75 Å². The number of halogens is 4. The maximum Gasteiger partial charge on any atom is 0.573 e. The van der Waals surface area contributed by atoms with Crippen molar-refractivity contribution in [1.82, 2.24) is 14.4 Å². The number of aromatic nitrogens is 3. The highest BCUT2D eigenvalue weighted by Gasteiger charge is 2.31. The average Bonchev–Trinajstić information content (AvgIpc) is 2.78. The maximum absolute atomic E-state index is 12.2. The van der Waals surface area contributed by atoms with E-state index < -0.39 is 6.36 Å². The van der Waals surface area contributed by atoms with Crippen molar-refractivity contribution in [3.8, 4) is 17.0 Å². The highest BCUT2D eigenvalue weighted by molar-refractivity contribution is 14.1. The molecular formula is C14H9F3IN3O. The summed E-state index contributed by atoms with van der Waals surface area (Å²) in [4.78, 5) is 8.48. The molecule has 0 aliphatic heterocycles. The van der Waals surface area contributed by atoms with Gasteiger partial charge in [-0.05, 0) is 59.3 Å². The van der Waals surface area contributed by atoms with Crippen LogP contribution in [0.2, 0.25) is 0 Å². The van der Waals surface area contributed by atoms with E-state index in [0.29, 0.717) is 11.3 Å². The van der Waals surface area contributed by atoms with Crippen LogP contribution in [-0.2, 0) is 0 Å². The van der Waals surface area contributed by atoms with Gasteiger partial charge in [0, 0.05) is 5.56 Å². The van der Waals surface area contributed by atoms with Gasteiger partial charge in [-0.2, -0.15) is 0 Å². The van der Waals surface area contributed by atoms with Gasteiger partial charge in [-0.25, -0.2) is 9.97 Å². The molecule has 114 valence electrons. The molecule has 8 heteroatoms. The van der Waals surface area contributed by atoms with E-state index in [1.165, 1.54) is 12.1 Å². The lowest BCUT2D eigenvalue weighted by Gasteiger charge is -2.11. The second-order valence-electron chi connectivity index (χ2n) is 4.63. The summed E-state index contributed by atoms with van der Waals surface area (Å²) in [5.41, 5.74) is 2.95. The van der Waals surface area contributed by atoms with Gasteiger partial charge in [0.1, 0.15) is 22.1 Å². The molecule has 4 nitrogen and oxygen atoms in total. The van der Waals surface area contributed by atoms with Gasteiger partial charge in [-0.3, -0.25) is 4.40 Å². The minimum atomic E-state index is -4.70. The Labute approximate surface area is 137 Å². The van der Waals surface area contributed by atoms with Crippen LogP contribution in [0.4, 0.5) is 13.2 Å². The van der Waals surface area contributed by atoms with Gasteiger partial charge in [0.15, 0.2) is 0 Å². The van der Waals surface area contributed by atoms with Gasteiger partial charge in [0.2, 0.25) is 0 Å². The Morgan fingerprint density at radius 1 is 1.14 bits per heavy atom. The Hall–Kier alpha value is -1.84. The van der Waals surface area contributed by atoms with Crippen LogP contribution < -0.4 is 4.74 Å². The summed E-state index contributed by atoms with van der Waals surface area (Å²) in [6.07, 6.45) is -1.42. The number of hydrogen-bond acceptors (Lipinski definition) is 3. The molecule has 22 heavy (non-hydrogen) atoms. The van der Waals surface area contributed by atoms with Crippen molar-refractivity contribution < 1.29 is 17.9 Å². The monoisotopic (exact) mass is 419 g/mol. The third-order valence-corrected chi connectivity index (χ3v) is 3.92. The van der Waals surface area contributed by atoms with Crippen LogP contribution in [0.3, 0.4) is 0 Å². The number of alkyl halides is 3. The third kappa shape index (κ3) is 3.01. The van der Waals surface area contributed by atoms with Crippen molar-refractivity contribution in [3.05, 3.63) is 46.2 Å². The molecule has 0 saturated carbocycles. The second-order valence-corrected chi connectivity index (χ2v) is 5.65. The molecule has 0 radical (unpaired) electrons.